The van der Waals surface area contributed by atoms with Gasteiger partial charge in [-0.2, -0.15) is 0 Å². The van der Waals surface area contributed by atoms with Gasteiger partial charge in [-0.25, -0.2) is 0 Å². The third-order valence-electron chi connectivity index (χ3n) is 3.00. The van der Waals surface area contributed by atoms with Crippen molar-refractivity contribution < 1.29 is 0 Å². The minimum Gasteiger partial charge on any atom is -0.0998 e. The van der Waals surface area contributed by atoms with Crippen LogP contribution in [0.3, 0.4) is 0 Å². The Morgan fingerprint density at radius 3 is 2.70 bits per heavy atom. The molecule has 0 radical (unpaired) electrons. The molecule has 2 aliphatic carbocycles. The second-order valence-corrected chi connectivity index (χ2v) is 4.44. The van der Waals surface area contributed by atoms with Crippen LogP contribution in [-0.4, -0.2) is 0 Å². The fourth-order valence-electron chi connectivity index (χ4n) is 2.54. The minimum absolute atomic E-state index is 0.773. The average molecular weight is 136 g/mol. The fraction of sp³-hybridized carbons (Fsp3) is 0.800. The molecule has 2 saturated carbocycles. The van der Waals surface area contributed by atoms with E-state index < -0.39 is 0 Å². The lowest BCUT2D eigenvalue weighted by molar-refractivity contribution is 0.317. The smallest absolute Gasteiger partial charge is 0.0257 e. The normalized spacial score (nSPS) is 36.5. The summed E-state index contributed by atoms with van der Waals surface area (Å²) in [6.45, 7) is 6.47. The minimum atomic E-state index is 0.773. The molecular weight excluding hydrogens is 120 g/mol. The van der Waals surface area contributed by atoms with Crippen LogP contribution in [-0.2, 0) is 0 Å². The number of hydrogen-bond acceptors (Lipinski definition) is 0. The van der Waals surface area contributed by atoms with Gasteiger partial charge < -0.3 is 0 Å². The van der Waals surface area contributed by atoms with Gasteiger partial charge in [0.2, 0.25) is 0 Å². The van der Waals surface area contributed by atoms with E-state index in [1.807, 2.05) is 0 Å². The van der Waals surface area contributed by atoms with Crippen molar-refractivity contribution in [3.05, 3.63) is 12.2 Å². The molecule has 1 atom stereocenters. The maximum Gasteiger partial charge on any atom is -0.0257 e. The Balaban J connectivity index is 2.07. The predicted octanol–water partition coefficient (Wildman–Crippen LogP) is 3.14. The molecule has 1 spiro atoms. The summed E-state index contributed by atoms with van der Waals surface area (Å²) < 4.78 is 0. The summed E-state index contributed by atoms with van der Waals surface area (Å²) in [4.78, 5) is 0. The summed E-state index contributed by atoms with van der Waals surface area (Å²) in [5.41, 5.74) is 2.28. The molecule has 0 aromatic heterocycles. The molecule has 0 N–H and O–H groups in total. The maximum atomic E-state index is 4.10. The van der Waals surface area contributed by atoms with Crippen LogP contribution in [0.15, 0.2) is 12.2 Å². The second kappa shape index (κ2) is 1.87. The van der Waals surface area contributed by atoms with Crippen LogP contribution in [0.4, 0.5) is 0 Å². The first-order valence-electron chi connectivity index (χ1n) is 4.37. The molecule has 0 saturated heterocycles. The van der Waals surface area contributed by atoms with Crippen LogP contribution < -0.4 is 0 Å². The van der Waals surface area contributed by atoms with E-state index >= 15 is 0 Å². The van der Waals surface area contributed by atoms with Crippen LogP contribution in [0.2, 0.25) is 0 Å². The van der Waals surface area contributed by atoms with Crippen molar-refractivity contribution in [1.82, 2.24) is 0 Å². The second-order valence-electron chi connectivity index (χ2n) is 4.44. The van der Waals surface area contributed by atoms with E-state index in [2.05, 4.69) is 13.5 Å². The van der Waals surface area contributed by atoms with Gasteiger partial charge >= 0.3 is 0 Å². The Labute approximate surface area is 63.3 Å². The van der Waals surface area contributed by atoms with E-state index in [4.69, 9.17) is 0 Å². The molecule has 56 valence electrons. The Hall–Kier alpha value is -0.260. The van der Waals surface area contributed by atoms with Crippen molar-refractivity contribution in [3.63, 3.8) is 0 Å². The van der Waals surface area contributed by atoms with E-state index in [0.29, 0.717) is 0 Å². The van der Waals surface area contributed by atoms with Crippen molar-refractivity contribution in [1.29, 1.82) is 0 Å². The van der Waals surface area contributed by atoms with E-state index in [1.165, 1.54) is 37.7 Å². The Bertz CT molecular complexity index is 163. The van der Waals surface area contributed by atoms with Crippen molar-refractivity contribution in [2.24, 2.45) is 11.3 Å². The van der Waals surface area contributed by atoms with E-state index in [9.17, 15) is 0 Å². The molecule has 0 nitrogen and oxygen atoms in total. The molecule has 0 heterocycles. The first-order valence-corrected chi connectivity index (χ1v) is 4.37. The van der Waals surface area contributed by atoms with Gasteiger partial charge in [0.05, 0.1) is 0 Å². The molecule has 2 fully saturated rings. The zero-order chi connectivity index (χ0) is 7.19. The lowest BCUT2D eigenvalue weighted by atomic mass is 9.78. The van der Waals surface area contributed by atoms with E-state index in [0.717, 1.165) is 11.3 Å². The summed E-state index contributed by atoms with van der Waals surface area (Å²) in [6.07, 6.45) is 7.08. The SMILES string of the molecule is C=C1CC(C)CC2(CC2)C1. The van der Waals surface area contributed by atoms with Crippen LogP contribution in [0.1, 0.15) is 39.0 Å². The van der Waals surface area contributed by atoms with Crippen molar-refractivity contribution in [2.45, 2.75) is 39.0 Å². The Morgan fingerprint density at radius 2 is 2.20 bits per heavy atom. The average Bonchev–Trinajstić information content (AvgIpc) is 2.44. The van der Waals surface area contributed by atoms with E-state index in [1.54, 1.807) is 0 Å². The predicted molar refractivity (Wildman–Crippen MR) is 43.8 cm³/mol. The third kappa shape index (κ3) is 1.00. The monoisotopic (exact) mass is 136 g/mol. The van der Waals surface area contributed by atoms with Gasteiger partial charge in [-0.3, -0.25) is 0 Å². The maximum absolute atomic E-state index is 4.10. The van der Waals surface area contributed by atoms with E-state index in [-0.39, 0.29) is 0 Å². The zero-order valence-corrected chi connectivity index (χ0v) is 6.82. The van der Waals surface area contributed by atoms with Gasteiger partial charge in [0.15, 0.2) is 0 Å². The summed E-state index contributed by atoms with van der Waals surface area (Å²) in [6, 6.07) is 0. The van der Waals surface area contributed by atoms with Crippen LogP contribution >= 0.6 is 0 Å². The first-order chi connectivity index (χ1) is 4.70. The third-order valence-corrected chi connectivity index (χ3v) is 3.00. The van der Waals surface area contributed by atoms with Crippen molar-refractivity contribution in [2.75, 3.05) is 0 Å². The molecule has 0 aromatic carbocycles. The highest BCUT2D eigenvalue weighted by atomic mass is 14.5. The molecule has 2 rings (SSSR count). The molecule has 2 aliphatic rings. The fourth-order valence-corrected chi connectivity index (χ4v) is 2.54. The summed E-state index contributed by atoms with van der Waals surface area (Å²) in [5, 5.41) is 0. The molecule has 0 aliphatic heterocycles. The number of allylic oxidation sites excluding steroid dienone is 1. The Morgan fingerprint density at radius 1 is 1.50 bits per heavy atom. The van der Waals surface area contributed by atoms with Crippen LogP contribution in [0, 0.1) is 11.3 Å². The van der Waals surface area contributed by atoms with Gasteiger partial charge in [-0.1, -0.05) is 19.1 Å². The number of hydrogen-bond donors (Lipinski definition) is 0. The largest absolute Gasteiger partial charge is 0.0998 e. The zero-order valence-electron chi connectivity index (χ0n) is 6.82. The lowest BCUT2D eigenvalue weighted by Crippen LogP contribution is -2.15. The summed E-state index contributed by atoms with van der Waals surface area (Å²) >= 11 is 0. The van der Waals surface area contributed by atoms with Gasteiger partial charge in [-0.05, 0) is 43.4 Å². The highest BCUT2D eigenvalue weighted by Crippen LogP contribution is 2.58. The van der Waals surface area contributed by atoms with Crippen molar-refractivity contribution in [3.8, 4) is 0 Å². The van der Waals surface area contributed by atoms with Crippen molar-refractivity contribution >= 4 is 0 Å². The lowest BCUT2D eigenvalue weighted by Gasteiger charge is -2.28. The quantitative estimate of drug-likeness (QED) is 0.449. The summed E-state index contributed by atoms with van der Waals surface area (Å²) in [5.74, 6) is 0.920. The van der Waals surface area contributed by atoms with Gasteiger partial charge in [0.1, 0.15) is 0 Å². The first kappa shape index (κ1) is 6.45. The Kier molecular flexibility index (Phi) is 1.21. The van der Waals surface area contributed by atoms with Crippen LogP contribution in [0.5, 0.6) is 0 Å². The molecule has 0 aromatic rings. The highest BCUT2D eigenvalue weighted by Gasteiger charge is 2.45. The van der Waals surface area contributed by atoms with Gasteiger partial charge in [0.25, 0.3) is 0 Å². The molecular formula is C10H16. The molecule has 0 bridgehead atoms. The highest BCUT2D eigenvalue weighted by molar-refractivity contribution is 5.11. The molecule has 1 unspecified atom stereocenters. The molecule has 0 amide bonds. The summed E-state index contributed by atoms with van der Waals surface area (Å²) in [7, 11) is 0. The van der Waals surface area contributed by atoms with Gasteiger partial charge in [0, 0.05) is 0 Å². The molecule has 10 heavy (non-hydrogen) atoms. The van der Waals surface area contributed by atoms with Crippen LogP contribution in [0.25, 0.3) is 0 Å². The molecule has 0 heteroatoms. The van der Waals surface area contributed by atoms with Gasteiger partial charge in [-0.15, -0.1) is 0 Å². The standard InChI is InChI=1S/C10H16/c1-8-5-9(2)7-10(6-8)3-4-10/h9H,1,3-7H2,2H3. The number of rotatable bonds is 0. The topological polar surface area (TPSA) is 0 Å².